The number of nitrogens with one attached hydrogen (secondary N) is 1. The lowest BCUT2D eigenvalue weighted by Gasteiger charge is -2.29. The van der Waals surface area contributed by atoms with Gasteiger partial charge in [0.05, 0.1) is 0 Å². The summed E-state index contributed by atoms with van der Waals surface area (Å²) in [4.78, 5) is 2.27. The number of nitrogens with zero attached hydrogens (tertiary/aromatic N) is 1. The Bertz CT molecular complexity index is 355. The fraction of sp³-hybridized carbons (Fsp3) is 0.647. The van der Waals surface area contributed by atoms with Crippen LogP contribution in [0, 0.1) is 5.92 Å². The summed E-state index contributed by atoms with van der Waals surface area (Å²) >= 11 is 0. The third-order valence-corrected chi connectivity index (χ3v) is 4.32. The van der Waals surface area contributed by atoms with Gasteiger partial charge in [0.25, 0.3) is 0 Å². The van der Waals surface area contributed by atoms with Gasteiger partial charge in [-0.15, -0.1) is 0 Å². The van der Waals surface area contributed by atoms with E-state index in [2.05, 4.69) is 61.6 Å². The van der Waals surface area contributed by atoms with Crippen LogP contribution in [0.2, 0.25) is 0 Å². The van der Waals surface area contributed by atoms with Gasteiger partial charge in [-0.25, -0.2) is 0 Å². The summed E-state index contributed by atoms with van der Waals surface area (Å²) in [6.07, 6.45) is 5.63. The molecule has 1 saturated carbocycles. The second kappa shape index (κ2) is 7.06. The van der Waals surface area contributed by atoms with Gasteiger partial charge in [-0.2, -0.15) is 0 Å². The molecular weight excluding hydrogens is 232 g/mol. The predicted octanol–water partition coefficient (Wildman–Crippen LogP) is 3.46. The SMILES string of the molecule is CC(NC(CN(C)C)c1ccccc1)C1CCCC1. The number of hydrogen-bond donors (Lipinski definition) is 1. The van der Waals surface area contributed by atoms with Crippen molar-refractivity contribution in [2.24, 2.45) is 5.92 Å². The largest absolute Gasteiger partial charge is 0.308 e. The van der Waals surface area contributed by atoms with E-state index in [1.165, 1.54) is 31.2 Å². The molecule has 19 heavy (non-hydrogen) atoms. The molecule has 1 aliphatic rings. The first-order chi connectivity index (χ1) is 9.16. The van der Waals surface area contributed by atoms with Crippen molar-refractivity contribution in [3.8, 4) is 0 Å². The highest BCUT2D eigenvalue weighted by Crippen LogP contribution is 2.29. The van der Waals surface area contributed by atoms with Gasteiger partial charge in [-0.05, 0) is 45.3 Å². The van der Waals surface area contributed by atoms with Gasteiger partial charge in [0, 0.05) is 18.6 Å². The maximum absolute atomic E-state index is 3.86. The smallest absolute Gasteiger partial charge is 0.0451 e. The van der Waals surface area contributed by atoms with E-state index in [4.69, 9.17) is 0 Å². The van der Waals surface area contributed by atoms with Gasteiger partial charge < -0.3 is 10.2 Å². The van der Waals surface area contributed by atoms with E-state index < -0.39 is 0 Å². The predicted molar refractivity (Wildman–Crippen MR) is 82.3 cm³/mol. The lowest BCUT2D eigenvalue weighted by atomic mass is 9.97. The quantitative estimate of drug-likeness (QED) is 0.842. The topological polar surface area (TPSA) is 15.3 Å². The third kappa shape index (κ3) is 4.32. The summed E-state index contributed by atoms with van der Waals surface area (Å²) in [6.45, 7) is 3.42. The van der Waals surface area contributed by atoms with Gasteiger partial charge >= 0.3 is 0 Å². The number of rotatable bonds is 6. The summed E-state index contributed by atoms with van der Waals surface area (Å²) in [5.41, 5.74) is 1.40. The molecule has 1 aromatic carbocycles. The van der Waals surface area contributed by atoms with E-state index in [-0.39, 0.29) is 0 Å². The molecule has 2 nitrogen and oxygen atoms in total. The van der Waals surface area contributed by atoms with E-state index in [9.17, 15) is 0 Å². The van der Waals surface area contributed by atoms with Crippen LogP contribution in [0.4, 0.5) is 0 Å². The van der Waals surface area contributed by atoms with Crippen LogP contribution in [0.25, 0.3) is 0 Å². The maximum Gasteiger partial charge on any atom is 0.0451 e. The highest BCUT2D eigenvalue weighted by Gasteiger charge is 2.24. The Morgan fingerprint density at radius 1 is 1.16 bits per heavy atom. The van der Waals surface area contributed by atoms with Gasteiger partial charge in [0.15, 0.2) is 0 Å². The van der Waals surface area contributed by atoms with Crippen LogP contribution in [0.5, 0.6) is 0 Å². The van der Waals surface area contributed by atoms with Crippen molar-refractivity contribution in [1.82, 2.24) is 10.2 Å². The Balaban J connectivity index is 2.01. The lowest BCUT2D eigenvalue weighted by Crippen LogP contribution is -2.39. The second-order valence-electron chi connectivity index (χ2n) is 6.23. The minimum Gasteiger partial charge on any atom is -0.308 e. The van der Waals surface area contributed by atoms with Crippen molar-refractivity contribution >= 4 is 0 Å². The zero-order chi connectivity index (χ0) is 13.7. The minimum atomic E-state index is 0.437. The van der Waals surface area contributed by atoms with E-state index in [0.29, 0.717) is 12.1 Å². The molecule has 2 heteroatoms. The second-order valence-corrected chi connectivity index (χ2v) is 6.23. The lowest BCUT2D eigenvalue weighted by molar-refractivity contribution is 0.287. The van der Waals surface area contributed by atoms with E-state index in [1.807, 2.05) is 0 Å². The molecule has 0 aliphatic heterocycles. The first kappa shape index (κ1) is 14.5. The Morgan fingerprint density at radius 2 is 1.79 bits per heavy atom. The molecule has 1 aromatic rings. The number of benzene rings is 1. The van der Waals surface area contributed by atoms with Crippen molar-refractivity contribution in [2.45, 2.75) is 44.7 Å². The standard InChI is InChI=1S/C17H28N2/c1-14(15-9-7-8-10-15)18-17(13-19(2)3)16-11-5-4-6-12-16/h4-6,11-12,14-15,17-18H,7-10,13H2,1-3H3. The average molecular weight is 260 g/mol. The highest BCUT2D eigenvalue weighted by molar-refractivity contribution is 5.19. The first-order valence-electron chi connectivity index (χ1n) is 7.62. The molecule has 0 heterocycles. The van der Waals surface area contributed by atoms with E-state index in [0.717, 1.165) is 12.5 Å². The summed E-state index contributed by atoms with van der Waals surface area (Å²) in [6, 6.07) is 11.9. The van der Waals surface area contributed by atoms with Crippen LogP contribution >= 0.6 is 0 Å². The Hall–Kier alpha value is -0.860. The minimum absolute atomic E-state index is 0.437. The molecule has 2 atom stereocenters. The molecule has 2 unspecified atom stereocenters. The normalized spacial score (nSPS) is 19.8. The van der Waals surface area contributed by atoms with E-state index in [1.54, 1.807) is 0 Å². The summed E-state index contributed by atoms with van der Waals surface area (Å²) < 4.78 is 0. The van der Waals surface area contributed by atoms with Crippen LogP contribution in [-0.4, -0.2) is 31.6 Å². The molecule has 2 rings (SSSR count). The molecule has 0 radical (unpaired) electrons. The molecule has 0 bridgehead atoms. The van der Waals surface area contributed by atoms with E-state index >= 15 is 0 Å². The average Bonchev–Trinajstić information content (AvgIpc) is 2.92. The Kier molecular flexibility index (Phi) is 5.41. The van der Waals surface area contributed by atoms with Crippen LogP contribution < -0.4 is 5.32 Å². The van der Waals surface area contributed by atoms with Gasteiger partial charge in [-0.1, -0.05) is 43.2 Å². The summed E-state index contributed by atoms with van der Waals surface area (Å²) in [7, 11) is 4.30. The fourth-order valence-electron chi connectivity index (χ4n) is 3.22. The number of likely N-dealkylation sites (N-methyl/N-ethyl adjacent to an activating group) is 1. The molecule has 0 spiro atoms. The maximum atomic E-state index is 3.86. The molecule has 0 saturated heterocycles. The fourth-order valence-corrected chi connectivity index (χ4v) is 3.22. The first-order valence-corrected chi connectivity index (χ1v) is 7.62. The van der Waals surface area contributed by atoms with Crippen molar-refractivity contribution < 1.29 is 0 Å². The van der Waals surface area contributed by atoms with Crippen LogP contribution in [0.15, 0.2) is 30.3 Å². The zero-order valence-corrected chi connectivity index (χ0v) is 12.6. The molecule has 1 aliphatic carbocycles. The Labute approximate surface area is 118 Å². The van der Waals surface area contributed by atoms with Crippen molar-refractivity contribution in [2.75, 3.05) is 20.6 Å². The molecular formula is C17H28N2. The molecule has 106 valence electrons. The van der Waals surface area contributed by atoms with Crippen LogP contribution in [-0.2, 0) is 0 Å². The third-order valence-electron chi connectivity index (χ3n) is 4.32. The summed E-state index contributed by atoms with van der Waals surface area (Å²) in [5.74, 6) is 0.869. The van der Waals surface area contributed by atoms with Gasteiger partial charge in [0.2, 0.25) is 0 Å². The Morgan fingerprint density at radius 3 is 2.37 bits per heavy atom. The van der Waals surface area contributed by atoms with Crippen LogP contribution in [0.3, 0.4) is 0 Å². The van der Waals surface area contributed by atoms with Gasteiger partial charge in [0.1, 0.15) is 0 Å². The number of hydrogen-bond acceptors (Lipinski definition) is 2. The summed E-state index contributed by atoms with van der Waals surface area (Å²) in [5, 5.41) is 3.86. The van der Waals surface area contributed by atoms with Gasteiger partial charge in [-0.3, -0.25) is 0 Å². The van der Waals surface area contributed by atoms with Crippen LogP contribution in [0.1, 0.15) is 44.2 Å². The highest BCUT2D eigenvalue weighted by atomic mass is 15.1. The molecule has 0 aromatic heterocycles. The molecule has 1 fully saturated rings. The van der Waals surface area contributed by atoms with Crippen molar-refractivity contribution in [3.05, 3.63) is 35.9 Å². The van der Waals surface area contributed by atoms with Crippen molar-refractivity contribution in [1.29, 1.82) is 0 Å². The monoisotopic (exact) mass is 260 g/mol. The molecule has 1 N–H and O–H groups in total. The van der Waals surface area contributed by atoms with Crippen molar-refractivity contribution in [3.63, 3.8) is 0 Å². The zero-order valence-electron chi connectivity index (χ0n) is 12.6. The molecule has 0 amide bonds.